The van der Waals surface area contributed by atoms with E-state index in [1.54, 1.807) is 24.3 Å². The van der Waals surface area contributed by atoms with E-state index in [4.69, 9.17) is 10.6 Å². The van der Waals surface area contributed by atoms with Gasteiger partial charge in [0.2, 0.25) is 0 Å². The minimum Gasteiger partial charge on any atom is -0.492 e. The Labute approximate surface area is 114 Å². The molecule has 0 bridgehead atoms. The Hall–Kier alpha value is -1.59. The molecular weight excluding hydrogens is 242 g/mol. The maximum Gasteiger partial charge on any atom is 0.265 e. The van der Waals surface area contributed by atoms with Gasteiger partial charge >= 0.3 is 0 Å². The van der Waals surface area contributed by atoms with Gasteiger partial charge in [-0.1, -0.05) is 6.92 Å². The molecule has 106 valence electrons. The molecule has 0 heterocycles. The van der Waals surface area contributed by atoms with Crippen LogP contribution in [0, 0.1) is 0 Å². The molecule has 0 saturated heterocycles. The quantitative estimate of drug-likeness (QED) is 0.444. The zero-order valence-electron chi connectivity index (χ0n) is 11.8. The van der Waals surface area contributed by atoms with Crippen LogP contribution in [0.2, 0.25) is 0 Å². The third-order valence-corrected chi connectivity index (χ3v) is 3.03. The van der Waals surface area contributed by atoms with Gasteiger partial charge in [0.1, 0.15) is 12.4 Å². The van der Waals surface area contributed by atoms with E-state index in [1.165, 1.54) is 0 Å². The van der Waals surface area contributed by atoms with Crippen molar-refractivity contribution in [3.8, 4) is 5.75 Å². The fourth-order valence-electron chi connectivity index (χ4n) is 1.85. The lowest BCUT2D eigenvalue weighted by Gasteiger charge is -2.24. The normalized spacial score (nSPS) is 10.8. The van der Waals surface area contributed by atoms with E-state index in [-0.39, 0.29) is 5.91 Å². The Morgan fingerprint density at radius 1 is 1.37 bits per heavy atom. The van der Waals surface area contributed by atoms with Gasteiger partial charge in [-0.15, -0.1) is 0 Å². The second-order valence-electron chi connectivity index (χ2n) is 4.57. The van der Waals surface area contributed by atoms with Gasteiger partial charge in [0.25, 0.3) is 5.91 Å². The van der Waals surface area contributed by atoms with Crippen LogP contribution < -0.4 is 16.0 Å². The molecule has 0 unspecified atom stereocenters. The average Bonchev–Trinajstić information content (AvgIpc) is 2.43. The van der Waals surface area contributed by atoms with Crippen LogP contribution in [0.25, 0.3) is 0 Å². The highest BCUT2D eigenvalue weighted by Gasteiger charge is 2.07. The second-order valence-corrected chi connectivity index (χ2v) is 4.57. The zero-order valence-corrected chi connectivity index (χ0v) is 11.8. The molecule has 0 saturated carbocycles. The minimum absolute atomic E-state index is 0.302. The fraction of sp³-hybridized carbons (Fsp3) is 0.500. The molecule has 0 aliphatic rings. The van der Waals surface area contributed by atoms with Crippen LogP contribution in [0.1, 0.15) is 31.1 Å². The van der Waals surface area contributed by atoms with E-state index in [2.05, 4.69) is 31.1 Å². The molecule has 1 amide bonds. The van der Waals surface area contributed by atoms with E-state index in [0.717, 1.165) is 18.8 Å². The Morgan fingerprint density at radius 2 is 2.00 bits per heavy atom. The Bertz CT molecular complexity index is 390. The van der Waals surface area contributed by atoms with E-state index in [1.807, 2.05) is 0 Å². The summed E-state index contributed by atoms with van der Waals surface area (Å²) in [6.45, 7) is 9.01. The van der Waals surface area contributed by atoms with Gasteiger partial charge < -0.3 is 4.74 Å². The van der Waals surface area contributed by atoms with Crippen LogP contribution in [0.5, 0.6) is 5.75 Å². The Morgan fingerprint density at radius 3 is 2.47 bits per heavy atom. The monoisotopic (exact) mass is 265 g/mol. The molecule has 1 rings (SSSR count). The number of nitrogens with zero attached hydrogens (tertiary/aromatic N) is 1. The molecule has 1 aromatic rings. The van der Waals surface area contributed by atoms with Crippen molar-refractivity contribution < 1.29 is 9.53 Å². The molecular formula is C14H23N3O2. The summed E-state index contributed by atoms with van der Waals surface area (Å²) in [4.78, 5) is 13.6. The summed E-state index contributed by atoms with van der Waals surface area (Å²) in [5, 5.41) is 0. The largest absolute Gasteiger partial charge is 0.492 e. The van der Waals surface area contributed by atoms with Crippen molar-refractivity contribution in [1.82, 2.24) is 10.3 Å². The fourth-order valence-corrected chi connectivity index (χ4v) is 1.85. The maximum atomic E-state index is 11.3. The van der Waals surface area contributed by atoms with E-state index in [9.17, 15) is 4.79 Å². The standard InChI is InChI=1S/C14H23N3O2/c1-4-17(11(2)3)9-10-19-13-7-5-12(6-8-13)14(18)16-15/h5-8,11H,4,9-10,15H2,1-3H3,(H,16,18). The zero-order chi connectivity index (χ0) is 14.3. The topological polar surface area (TPSA) is 67.6 Å². The van der Waals surface area contributed by atoms with Crippen molar-refractivity contribution in [2.45, 2.75) is 26.8 Å². The summed E-state index contributed by atoms with van der Waals surface area (Å²) in [7, 11) is 0. The predicted octanol–water partition coefficient (Wildman–Crippen LogP) is 1.40. The molecule has 0 aliphatic carbocycles. The molecule has 0 fully saturated rings. The number of hydrazine groups is 1. The average molecular weight is 265 g/mol. The van der Waals surface area contributed by atoms with Gasteiger partial charge in [-0.25, -0.2) is 5.84 Å². The van der Waals surface area contributed by atoms with Crippen LogP contribution in [-0.4, -0.2) is 36.5 Å². The Kier molecular flexibility index (Phi) is 6.32. The highest BCUT2D eigenvalue weighted by Crippen LogP contribution is 2.12. The number of benzene rings is 1. The lowest BCUT2D eigenvalue weighted by molar-refractivity contribution is 0.0953. The first-order valence-electron chi connectivity index (χ1n) is 6.56. The molecule has 0 radical (unpaired) electrons. The molecule has 5 heteroatoms. The maximum absolute atomic E-state index is 11.3. The summed E-state index contributed by atoms with van der Waals surface area (Å²) in [5.74, 6) is 5.52. The Balaban J connectivity index is 2.44. The lowest BCUT2D eigenvalue weighted by atomic mass is 10.2. The van der Waals surface area contributed by atoms with E-state index < -0.39 is 0 Å². The number of carbonyl (C=O) groups excluding carboxylic acids is 1. The summed E-state index contributed by atoms with van der Waals surface area (Å²) < 4.78 is 5.65. The lowest BCUT2D eigenvalue weighted by Crippen LogP contribution is -2.34. The number of nitrogen functional groups attached to an aromatic ring is 1. The van der Waals surface area contributed by atoms with E-state index in [0.29, 0.717) is 18.2 Å². The number of hydrogen-bond acceptors (Lipinski definition) is 4. The molecule has 5 nitrogen and oxygen atoms in total. The first kappa shape index (κ1) is 15.5. The molecule has 0 aliphatic heterocycles. The number of rotatable bonds is 7. The summed E-state index contributed by atoms with van der Waals surface area (Å²) in [6.07, 6.45) is 0. The molecule has 3 N–H and O–H groups in total. The van der Waals surface area contributed by atoms with E-state index >= 15 is 0 Å². The summed E-state index contributed by atoms with van der Waals surface area (Å²) >= 11 is 0. The highest BCUT2D eigenvalue weighted by molar-refractivity contribution is 5.93. The third kappa shape index (κ3) is 4.89. The van der Waals surface area contributed by atoms with Gasteiger partial charge in [0.15, 0.2) is 0 Å². The number of amides is 1. The number of carbonyl (C=O) groups is 1. The number of likely N-dealkylation sites (N-methyl/N-ethyl adjacent to an activating group) is 1. The van der Waals surface area contributed by atoms with Crippen LogP contribution in [-0.2, 0) is 0 Å². The van der Waals surface area contributed by atoms with Crippen molar-refractivity contribution in [2.75, 3.05) is 19.7 Å². The predicted molar refractivity (Wildman–Crippen MR) is 76.0 cm³/mol. The summed E-state index contributed by atoms with van der Waals surface area (Å²) in [6, 6.07) is 7.45. The first-order chi connectivity index (χ1) is 9.08. The smallest absolute Gasteiger partial charge is 0.265 e. The number of ether oxygens (including phenoxy) is 1. The number of nitrogens with two attached hydrogens (primary N) is 1. The molecule has 1 aromatic carbocycles. The van der Waals surface area contributed by atoms with Crippen LogP contribution in [0.3, 0.4) is 0 Å². The van der Waals surface area contributed by atoms with Crippen molar-refractivity contribution >= 4 is 5.91 Å². The third-order valence-electron chi connectivity index (χ3n) is 3.03. The highest BCUT2D eigenvalue weighted by atomic mass is 16.5. The van der Waals surface area contributed by atoms with Crippen molar-refractivity contribution in [1.29, 1.82) is 0 Å². The minimum atomic E-state index is -0.302. The second kappa shape index (κ2) is 7.76. The molecule has 0 aromatic heterocycles. The molecule has 0 atom stereocenters. The van der Waals surface area contributed by atoms with Gasteiger partial charge in [0.05, 0.1) is 0 Å². The van der Waals surface area contributed by atoms with Crippen molar-refractivity contribution in [2.24, 2.45) is 5.84 Å². The van der Waals surface area contributed by atoms with Gasteiger partial charge in [-0.2, -0.15) is 0 Å². The van der Waals surface area contributed by atoms with Crippen LogP contribution in [0.4, 0.5) is 0 Å². The van der Waals surface area contributed by atoms with Crippen molar-refractivity contribution in [3.05, 3.63) is 29.8 Å². The SMILES string of the molecule is CCN(CCOc1ccc(C(=O)NN)cc1)C(C)C. The molecule has 0 spiro atoms. The van der Waals surface area contributed by atoms with Crippen LogP contribution >= 0.6 is 0 Å². The molecule has 19 heavy (non-hydrogen) atoms. The number of nitrogens with one attached hydrogen (secondary N) is 1. The number of hydrogen-bond donors (Lipinski definition) is 2. The summed E-state index contributed by atoms with van der Waals surface area (Å²) in [5.41, 5.74) is 2.61. The first-order valence-corrected chi connectivity index (χ1v) is 6.56. The van der Waals surface area contributed by atoms with Gasteiger partial charge in [0, 0.05) is 18.2 Å². The van der Waals surface area contributed by atoms with Gasteiger partial charge in [-0.3, -0.25) is 15.1 Å². The van der Waals surface area contributed by atoms with Crippen LogP contribution in [0.15, 0.2) is 24.3 Å². The van der Waals surface area contributed by atoms with Crippen molar-refractivity contribution in [3.63, 3.8) is 0 Å². The van der Waals surface area contributed by atoms with Gasteiger partial charge in [-0.05, 0) is 44.7 Å².